The molecule has 0 unspecified atom stereocenters. The first kappa shape index (κ1) is 9.69. The Bertz CT molecular complexity index is 150. The molecule has 0 rings (SSSR count). The zero-order chi connectivity index (χ0) is 8.15. The largest absolute Gasteiger partial charge is 0.477 e. The van der Waals surface area contributed by atoms with E-state index in [0.29, 0.717) is 5.92 Å². The number of carboxylic acids is 1. The molecule has 0 aliphatic rings. The third kappa shape index (κ3) is 4.56. The molecule has 0 saturated carbocycles. The fraction of sp³-hybridized carbons (Fsp3) is 0.571. The molecule has 0 bridgehead atoms. The van der Waals surface area contributed by atoms with Crippen LogP contribution in [0.15, 0.2) is 10.6 Å². The highest BCUT2D eigenvalue weighted by Crippen LogP contribution is 2.09. The Kier molecular flexibility index (Phi) is 4.36. The average molecular weight is 207 g/mol. The SMILES string of the molecule is CC(C)C/C=C(\Br)C(=O)O. The number of carbonyl (C=O) groups is 1. The number of carboxylic acid groups (broad SMARTS) is 1. The van der Waals surface area contributed by atoms with Crippen molar-refractivity contribution < 1.29 is 9.90 Å². The van der Waals surface area contributed by atoms with E-state index in [4.69, 9.17) is 5.11 Å². The van der Waals surface area contributed by atoms with Crippen LogP contribution in [-0.4, -0.2) is 11.1 Å². The zero-order valence-electron chi connectivity index (χ0n) is 6.10. The molecule has 0 amide bonds. The van der Waals surface area contributed by atoms with E-state index >= 15 is 0 Å². The molecule has 3 heteroatoms. The van der Waals surface area contributed by atoms with Crippen molar-refractivity contribution in [3.05, 3.63) is 10.6 Å². The minimum Gasteiger partial charge on any atom is -0.477 e. The zero-order valence-corrected chi connectivity index (χ0v) is 7.68. The van der Waals surface area contributed by atoms with Gasteiger partial charge < -0.3 is 5.11 Å². The van der Waals surface area contributed by atoms with E-state index in [1.807, 2.05) is 13.8 Å². The van der Waals surface area contributed by atoms with E-state index in [9.17, 15) is 4.79 Å². The van der Waals surface area contributed by atoms with Crippen LogP contribution >= 0.6 is 15.9 Å². The van der Waals surface area contributed by atoms with Gasteiger partial charge in [0.1, 0.15) is 0 Å². The Balaban J connectivity index is 3.81. The molecule has 10 heavy (non-hydrogen) atoms. The molecular formula is C7H11BrO2. The summed E-state index contributed by atoms with van der Waals surface area (Å²) in [6.45, 7) is 4.08. The van der Waals surface area contributed by atoms with Crippen molar-refractivity contribution in [2.75, 3.05) is 0 Å². The summed E-state index contributed by atoms with van der Waals surface area (Å²) >= 11 is 2.93. The average Bonchev–Trinajstić information content (AvgIpc) is 1.82. The van der Waals surface area contributed by atoms with Crippen LogP contribution in [0.4, 0.5) is 0 Å². The fourth-order valence-electron chi connectivity index (χ4n) is 0.426. The molecule has 0 aromatic carbocycles. The van der Waals surface area contributed by atoms with Gasteiger partial charge >= 0.3 is 5.97 Å². The molecule has 0 radical (unpaired) electrons. The molecule has 2 nitrogen and oxygen atoms in total. The topological polar surface area (TPSA) is 37.3 Å². The standard InChI is InChI=1S/C7H11BrO2/c1-5(2)3-4-6(8)7(9)10/h4-5H,3H2,1-2H3,(H,9,10)/b6-4-. The quantitative estimate of drug-likeness (QED) is 0.721. The summed E-state index contributed by atoms with van der Waals surface area (Å²) in [5.41, 5.74) is 0. The lowest BCUT2D eigenvalue weighted by Gasteiger charge is -1.96. The molecule has 0 aliphatic carbocycles. The van der Waals surface area contributed by atoms with Gasteiger partial charge in [0.15, 0.2) is 0 Å². The van der Waals surface area contributed by atoms with Gasteiger partial charge in [-0.05, 0) is 28.3 Å². The van der Waals surface area contributed by atoms with Crippen LogP contribution in [0.25, 0.3) is 0 Å². The van der Waals surface area contributed by atoms with Crippen molar-refractivity contribution in [2.24, 2.45) is 5.92 Å². The lowest BCUT2D eigenvalue weighted by molar-refractivity contribution is -0.131. The van der Waals surface area contributed by atoms with Crippen LogP contribution in [0.1, 0.15) is 20.3 Å². The number of halogens is 1. The number of hydrogen-bond donors (Lipinski definition) is 1. The Morgan fingerprint density at radius 2 is 2.20 bits per heavy atom. The van der Waals surface area contributed by atoms with Gasteiger partial charge in [0, 0.05) is 0 Å². The van der Waals surface area contributed by atoms with Crippen molar-refractivity contribution in [2.45, 2.75) is 20.3 Å². The van der Waals surface area contributed by atoms with Crippen molar-refractivity contribution in [3.8, 4) is 0 Å². The highest BCUT2D eigenvalue weighted by molar-refractivity contribution is 9.12. The van der Waals surface area contributed by atoms with Crippen LogP contribution in [-0.2, 0) is 4.79 Å². The van der Waals surface area contributed by atoms with Gasteiger partial charge in [0.05, 0.1) is 4.48 Å². The summed E-state index contributed by atoms with van der Waals surface area (Å²) in [4.78, 5) is 10.2. The summed E-state index contributed by atoms with van der Waals surface area (Å²) in [5.74, 6) is -0.396. The Labute approximate surface area is 69.1 Å². The van der Waals surface area contributed by atoms with E-state index in [0.717, 1.165) is 6.42 Å². The van der Waals surface area contributed by atoms with Gasteiger partial charge in [-0.25, -0.2) is 4.79 Å². The number of allylic oxidation sites excluding steroid dienone is 1. The molecule has 0 aliphatic heterocycles. The fourth-order valence-corrected chi connectivity index (χ4v) is 0.613. The first-order valence-electron chi connectivity index (χ1n) is 3.13. The van der Waals surface area contributed by atoms with Crippen LogP contribution in [0.3, 0.4) is 0 Å². The molecule has 0 spiro atoms. The highest BCUT2D eigenvalue weighted by Gasteiger charge is 2.00. The predicted molar refractivity (Wildman–Crippen MR) is 44.1 cm³/mol. The van der Waals surface area contributed by atoms with Gasteiger partial charge in [0.25, 0.3) is 0 Å². The van der Waals surface area contributed by atoms with Gasteiger partial charge in [-0.15, -0.1) is 0 Å². The van der Waals surface area contributed by atoms with Gasteiger partial charge in [0.2, 0.25) is 0 Å². The maximum Gasteiger partial charge on any atom is 0.342 e. The van der Waals surface area contributed by atoms with E-state index in [-0.39, 0.29) is 4.48 Å². The van der Waals surface area contributed by atoms with Crippen LogP contribution < -0.4 is 0 Å². The molecule has 0 aromatic heterocycles. The van der Waals surface area contributed by atoms with Crippen molar-refractivity contribution in [1.29, 1.82) is 0 Å². The van der Waals surface area contributed by atoms with E-state index in [2.05, 4.69) is 15.9 Å². The summed E-state index contributed by atoms with van der Waals surface area (Å²) in [7, 11) is 0. The molecule has 0 atom stereocenters. The number of hydrogen-bond acceptors (Lipinski definition) is 1. The van der Waals surface area contributed by atoms with Crippen LogP contribution in [0.5, 0.6) is 0 Å². The van der Waals surface area contributed by atoms with E-state index < -0.39 is 5.97 Å². The molecule has 0 aromatic rings. The maximum absolute atomic E-state index is 10.2. The third-order valence-electron chi connectivity index (χ3n) is 0.973. The highest BCUT2D eigenvalue weighted by atomic mass is 79.9. The number of aliphatic carboxylic acids is 1. The van der Waals surface area contributed by atoms with Gasteiger partial charge in [-0.2, -0.15) is 0 Å². The molecule has 0 heterocycles. The predicted octanol–water partition coefficient (Wildman–Crippen LogP) is 2.40. The Morgan fingerprint density at radius 1 is 1.70 bits per heavy atom. The molecule has 0 saturated heterocycles. The summed E-state index contributed by atoms with van der Waals surface area (Å²) in [5, 5.41) is 8.38. The third-order valence-corrected chi connectivity index (χ3v) is 1.64. The first-order chi connectivity index (χ1) is 4.54. The Hall–Kier alpha value is -0.310. The van der Waals surface area contributed by atoms with Crippen LogP contribution in [0, 0.1) is 5.92 Å². The molecular weight excluding hydrogens is 196 g/mol. The Morgan fingerprint density at radius 3 is 2.50 bits per heavy atom. The molecule has 58 valence electrons. The van der Waals surface area contributed by atoms with Crippen LogP contribution in [0.2, 0.25) is 0 Å². The minimum absolute atomic E-state index is 0.251. The summed E-state index contributed by atoms with van der Waals surface area (Å²) in [6, 6.07) is 0. The van der Waals surface area contributed by atoms with Crippen molar-refractivity contribution in [1.82, 2.24) is 0 Å². The van der Waals surface area contributed by atoms with Crippen molar-refractivity contribution >= 4 is 21.9 Å². The second-order valence-corrected chi connectivity index (χ2v) is 3.34. The monoisotopic (exact) mass is 206 g/mol. The van der Waals surface area contributed by atoms with Crippen molar-refractivity contribution in [3.63, 3.8) is 0 Å². The van der Waals surface area contributed by atoms with E-state index in [1.54, 1.807) is 6.08 Å². The first-order valence-corrected chi connectivity index (χ1v) is 3.92. The smallest absolute Gasteiger partial charge is 0.342 e. The molecule has 1 N–H and O–H groups in total. The minimum atomic E-state index is -0.902. The second kappa shape index (κ2) is 4.50. The van der Waals surface area contributed by atoms with Gasteiger partial charge in [-0.3, -0.25) is 0 Å². The summed E-state index contributed by atoms with van der Waals surface area (Å²) in [6.07, 6.45) is 2.47. The van der Waals surface area contributed by atoms with E-state index in [1.165, 1.54) is 0 Å². The summed E-state index contributed by atoms with van der Waals surface area (Å²) < 4.78 is 0.251. The lowest BCUT2D eigenvalue weighted by atomic mass is 10.1. The van der Waals surface area contributed by atoms with Gasteiger partial charge in [-0.1, -0.05) is 19.9 Å². The maximum atomic E-state index is 10.2. The number of rotatable bonds is 3. The lowest BCUT2D eigenvalue weighted by Crippen LogP contribution is -1.94. The molecule has 0 fully saturated rings. The second-order valence-electron chi connectivity index (χ2n) is 2.49. The normalized spacial score (nSPS) is 12.2.